The van der Waals surface area contributed by atoms with E-state index < -0.39 is 5.41 Å². The van der Waals surface area contributed by atoms with E-state index in [0.717, 1.165) is 29.5 Å². The van der Waals surface area contributed by atoms with Gasteiger partial charge in [-0.25, -0.2) is 4.39 Å². The van der Waals surface area contributed by atoms with Crippen LogP contribution in [0.4, 0.5) is 10.1 Å². The van der Waals surface area contributed by atoms with E-state index in [0.29, 0.717) is 20.9 Å². The van der Waals surface area contributed by atoms with E-state index in [1.54, 1.807) is 12.3 Å². The maximum absolute atomic E-state index is 13.9. The standard InChI is InChI=1S/C20H13BrClFN2O/c21-14-5-13-16(6-15(14)23)24-9-17-18(13)20(19(26)25-17)7-11(8-20)10-1-3-12(22)4-2-10/h1-6,9,11H,7-8H2,(H,25,26). The van der Waals surface area contributed by atoms with Crippen molar-refractivity contribution in [2.45, 2.75) is 24.2 Å². The number of aromatic nitrogens is 1. The van der Waals surface area contributed by atoms with Gasteiger partial charge in [-0.2, -0.15) is 0 Å². The summed E-state index contributed by atoms with van der Waals surface area (Å²) >= 11 is 9.23. The number of benzene rings is 2. The van der Waals surface area contributed by atoms with E-state index in [9.17, 15) is 9.18 Å². The fourth-order valence-electron chi connectivity index (χ4n) is 4.29. The van der Waals surface area contributed by atoms with Crippen LogP contribution in [0.1, 0.15) is 29.9 Å². The first-order chi connectivity index (χ1) is 12.5. The van der Waals surface area contributed by atoms with Gasteiger partial charge in [-0.05, 0) is 58.5 Å². The summed E-state index contributed by atoms with van der Waals surface area (Å²) in [5.41, 5.74) is 2.86. The van der Waals surface area contributed by atoms with Crippen molar-refractivity contribution in [3.63, 3.8) is 0 Å². The normalized spacial score (nSPS) is 23.8. The third kappa shape index (κ3) is 2.17. The van der Waals surface area contributed by atoms with E-state index in [1.165, 1.54) is 11.6 Å². The van der Waals surface area contributed by atoms with Crippen molar-refractivity contribution < 1.29 is 9.18 Å². The number of carbonyl (C=O) groups excluding carboxylic acids is 1. The lowest BCUT2D eigenvalue weighted by atomic mass is 9.57. The first kappa shape index (κ1) is 16.2. The summed E-state index contributed by atoms with van der Waals surface area (Å²) in [7, 11) is 0. The maximum atomic E-state index is 13.9. The molecule has 6 heteroatoms. The summed E-state index contributed by atoms with van der Waals surface area (Å²) in [6.07, 6.45) is 3.08. The van der Waals surface area contributed by atoms with Crippen LogP contribution in [0.15, 0.2) is 47.1 Å². The number of fused-ring (bicyclic) bond motifs is 4. The van der Waals surface area contributed by atoms with Crippen LogP contribution >= 0.6 is 27.5 Å². The van der Waals surface area contributed by atoms with E-state index in [1.807, 2.05) is 24.3 Å². The van der Waals surface area contributed by atoms with Gasteiger partial charge in [0.25, 0.3) is 0 Å². The molecule has 0 bridgehead atoms. The zero-order chi connectivity index (χ0) is 18.1. The average molecular weight is 432 g/mol. The van der Waals surface area contributed by atoms with Crippen LogP contribution in [0.2, 0.25) is 5.02 Å². The van der Waals surface area contributed by atoms with Crippen LogP contribution in [0.25, 0.3) is 10.9 Å². The van der Waals surface area contributed by atoms with Gasteiger partial charge in [0.1, 0.15) is 5.82 Å². The number of rotatable bonds is 1. The molecule has 2 aromatic carbocycles. The molecule has 2 aliphatic rings. The molecule has 0 unspecified atom stereocenters. The number of carbonyl (C=O) groups is 1. The second-order valence-electron chi connectivity index (χ2n) is 7.02. The second kappa shape index (κ2) is 5.51. The highest BCUT2D eigenvalue weighted by Crippen LogP contribution is 2.59. The summed E-state index contributed by atoms with van der Waals surface area (Å²) in [6, 6.07) is 10.9. The van der Waals surface area contributed by atoms with E-state index in [2.05, 4.69) is 26.2 Å². The summed E-state index contributed by atoms with van der Waals surface area (Å²) < 4.78 is 14.3. The van der Waals surface area contributed by atoms with Gasteiger partial charge in [-0.15, -0.1) is 0 Å². The Hall–Kier alpha value is -1.98. The first-order valence-corrected chi connectivity index (χ1v) is 9.50. The lowest BCUT2D eigenvalue weighted by Crippen LogP contribution is -2.45. The van der Waals surface area contributed by atoms with Gasteiger partial charge in [0, 0.05) is 22.0 Å². The average Bonchev–Trinajstić information content (AvgIpc) is 2.88. The van der Waals surface area contributed by atoms with Crippen LogP contribution in [-0.2, 0) is 10.2 Å². The fourth-order valence-corrected chi connectivity index (χ4v) is 4.76. The van der Waals surface area contributed by atoms with E-state index >= 15 is 0 Å². The van der Waals surface area contributed by atoms with Crippen LogP contribution in [0.3, 0.4) is 0 Å². The lowest BCUT2D eigenvalue weighted by molar-refractivity contribution is -0.124. The molecule has 130 valence electrons. The van der Waals surface area contributed by atoms with Crippen molar-refractivity contribution in [1.82, 2.24) is 4.98 Å². The van der Waals surface area contributed by atoms with Crippen LogP contribution < -0.4 is 5.32 Å². The highest BCUT2D eigenvalue weighted by atomic mass is 79.9. The van der Waals surface area contributed by atoms with Gasteiger partial charge in [-0.1, -0.05) is 23.7 Å². The number of nitrogens with zero attached hydrogens (tertiary/aromatic N) is 1. The van der Waals surface area contributed by atoms with Gasteiger partial charge >= 0.3 is 0 Å². The molecular weight excluding hydrogens is 419 g/mol. The van der Waals surface area contributed by atoms with Crippen LogP contribution in [0, 0.1) is 5.82 Å². The molecule has 2 heterocycles. The van der Waals surface area contributed by atoms with Crippen LogP contribution in [0.5, 0.6) is 0 Å². The quantitative estimate of drug-likeness (QED) is 0.548. The fraction of sp³-hybridized carbons (Fsp3) is 0.200. The molecule has 26 heavy (non-hydrogen) atoms. The minimum atomic E-state index is -0.571. The summed E-state index contributed by atoms with van der Waals surface area (Å²) in [4.78, 5) is 17.1. The minimum absolute atomic E-state index is 0.00691. The lowest BCUT2D eigenvalue weighted by Gasteiger charge is -2.44. The van der Waals surface area contributed by atoms with Crippen molar-refractivity contribution in [2.75, 3.05) is 5.32 Å². The SMILES string of the molecule is O=C1Nc2cnc3cc(F)c(Br)cc3c2C12CC(c1ccc(Cl)cc1)C2. The third-order valence-corrected chi connectivity index (χ3v) is 6.46. The number of anilines is 1. The monoisotopic (exact) mass is 430 g/mol. The highest BCUT2D eigenvalue weighted by molar-refractivity contribution is 9.10. The van der Waals surface area contributed by atoms with Gasteiger partial charge in [-0.3, -0.25) is 9.78 Å². The molecule has 0 saturated heterocycles. The zero-order valence-electron chi connectivity index (χ0n) is 13.5. The summed E-state index contributed by atoms with van der Waals surface area (Å²) in [5.74, 6) is -0.0486. The molecule has 3 nitrogen and oxygen atoms in total. The molecule has 1 spiro atoms. The predicted molar refractivity (Wildman–Crippen MR) is 103 cm³/mol. The van der Waals surface area contributed by atoms with Gasteiger partial charge < -0.3 is 5.32 Å². The molecule has 1 fully saturated rings. The Morgan fingerprint density at radius 3 is 2.69 bits per heavy atom. The third-order valence-electron chi connectivity index (χ3n) is 5.60. The Bertz CT molecular complexity index is 1080. The minimum Gasteiger partial charge on any atom is -0.324 e. The number of halogens is 3. The molecule has 1 aliphatic carbocycles. The smallest absolute Gasteiger partial charge is 0.235 e. The molecular formula is C20H13BrClFN2O. The number of amides is 1. The van der Waals surface area contributed by atoms with E-state index in [4.69, 9.17) is 11.6 Å². The number of hydrogen-bond donors (Lipinski definition) is 1. The first-order valence-electron chi connectivity index (χ1n) is 8.33. The van der Waals surface area contributed by atoms with E-state index in [-0.39, 0.29) is 11.7 Å². The van der Waals surface area contributed by atoms with Crippen molar-refractivity contribution in [3.05, 3.63) is 69.0 Å². The second-order valence-corrected chi connectivity index (χ2v) is 8.31. The number of nitrogens with one attached hydrogen (secondary N) is 1. The Labute approximate surface area is 162 Å². The van der Waals surface area contributed by atoms with Crippen molar-refractivity contribution in [3.8, 4) is 0 Å². The Morgan fingerprint density at radius 1 is 1.23 bits per heavy atom. The largest absolute Gasteiger partial charge is 0.324 e. The molecule has 1 aliphatic heterocycles. The van der Waals surface area contributed by atoms with Crippen molar-refractivity contribution in [2.24, 2.45) is 0 Å². The number of hydrogen-bond acceptors (Lipinski definition) is 2. The number of pyridine rings is 1. The van der Waals surface area contributed by atoms with Crippen molar-refractivity contribution in [1.29, 1.82) is 0 Å². The molecule has 1 amide bonds. The topological polar surface area (TPSA) is 42.0 Å². The molecule has 1 N–H and O–H groups in total. The van der Waals surface area contributed by atoms with Gasteiger partial charge in [0.15, 0.2) is 0 Å². The summed E-state index contributed by atoms with van der Waals surface area (Å²) in [5, 5.41) is 4.49. The Morgan fingerprint density at radius 2 is 1.96 bits per heavy atom. The molecule has 0 atom stereocenters. The molecule has 5 rings (SSSR count). The molecule has 1 aromatic heterocycles. The van der Waals surface area contributed by atoms with Crippen molar-refractivity contribution >= 4 is 50.0 Å². The molecule has 3 aromatic rings. The molecule has 0 radical (unpaired) electrons. The van der Waals surface area contributed by atoms with Crippen LogP contribution in [-0.4, -0.2) is 10.9 Å². The highest BCUT2D eigenvalue weighted by Gasteiger charge is 2.56. The zero-order valence-corrected chi connectivity index (χ0v) is 15.9. The summed E-state index contributed by atoms with van der Waals surface area (Å²) in [6.45, 7) is 0. The molecule has 1 saturated carbocycles. The maximum Gasteiger partial charge on any atom is 0.235 e. The van der Waals surface area contributed by atoms with Gasteiger partial charge in [0.05, 0.1) is 27.3 Å². The van der Waals surface area contributed by atoms with Gasteiger partial charge in [0.2, 0.25) is 5.91 Å². The predicted octanol–water partition coefficient (Wildman–Crippen LogP) is 5.56. The Balaban J connectivity index is 1.61. The Kier molecular flexibility index (Phi) is 3.43.